The minimum atomic E-state index is -0.819. The van der Waals surface area contributed by atoms with Crippen molar-refractivity contribution in [2.75, 3.05) is 7.11 Å². The molecule has 0 aromatic heterocycles. The summed E-state index contributed by atoms with van der Waals surface area (Å²) in [4.78, 5) is 11.5. The normalized spacial score (nSPS) is 9.86. The maximum Gasteiger partial charge on any atom is 1.00 e. The summed E-state index contributed by atoms with van der Waals surface area (Å²) < 4.78 is 18.6. The van der Waals surface area contributed by atoms with Gasteiger partial charge in [0.2, 0.25) is 5.91 Å². The van der Waals surface area contributed by atoms with E-state index in [4.69, 9.17) is 10.5 Å². The monoisotopic (exact) mass is 297 g/mol. The van der Waals surface area contributed by atoms with E-state index in [1.807, 2.05) is 0 Å². The van der Waals surface area contributed by atoms with Gasteiger partial charge in [-0.2, -0.15) is 0 Å². The molecule has 0 bridgehead atoms. The smallest absolute Gasteiger partial charge is 0.527 e. The van der Waals surface area contributed by atoms with Crippen LogP contribution in [0.1, 0.15) is 15.9 Å². The Morgan fingerprint density at radius 3 is 2.62 bits per heavy atom. The van der Waals surface area contributed by atoms with Crippen LogP contribution in [0.4, 0.5) is 4.39 Å². The topological polar surface area (TPSA) is 72.6 Å². The van der Waals surface area contributed by atoms with Gasteiger partial charge in [0.1, 0.15) is 5.82 Å². The molecular weight excluding hydrogens is 284 g/mol. The summed E-state index contributed by atoms with van der Waals surface area (Å²) in [5.41, 5.74) is 6.28. The van der Waals surface area contributed by atoms with E-state index in [9.17, 15) is 14.3 Å². The third-order valence-electron chi connectivity index (χ3n) is 2.86. The van der Waals surface area contributed by atoms with E-state index in [2.05, 4.69) is 6.07 Å². The van der Waals surface area contributed by atoms with Crippen LogP contribution in [0.25, 0.3) is 11.1 Å². The summed E-state index contributed by atoms with van der Waals surface area (Å²) >= 11 is 0. The molecule has 3 N–H and O–H groups in total. The number of ether oxygens (including phenoxy) is 1. The van der Waals surface area contributed by atoms with Crippen molar-refractivity contribution in [1.29, 1.82) is 0 Å². The molecule has 6 heteroatoms. The zero-order chi connectivity index (χ0) is 14.9. The van der Waals surface area contributed by atoms with Gasteiger partial charge in [-0.05, 0) is 17.7 Å². The summed E-state index contributed by atoms with van der Waals surface area (Å²) in [5.74, 6) is -1.23. The van der Waals surface area contributed by atoms with Gasteiger partial charge in [-0.25, -0.2) is 4.39 Å². The number of phenols is 1. The van der Waals surface area contributed by atoms with Gasteiger partial charge in [0.15, 0.2) is 0 Å². The number of carbonyl (C=O) groups excluding carboxylic acids is 1. The largest absolute Gasteiger partial charge is 1.00 e. The summed E-state index contributed by atoms with van der Waals surface area (Å²) in [5, 5.41) is 9.88. The average Bonchev–Trinajstić information content (AvgIpc) is 2.37. The van der Waals surface area contributed by atoms with Crippen LogP contribution in [0.15, 0.2) is 24.3 Å². The predicted octanol–water partition coefficient (Wildman–Crippen LogP) is -0.582. The van der Waals surface area contributed by atoms with E-state index in [0.717, 1.165) is 0 Å². The Labute approximate surface area is 144 Å². The van der Waals surface area contributed by atoms with Crippen LogP contribution in [0, 0.1) is 18.8 Å². The first-order valence-electron chi connectivity index (χ1n) is 5.83. The molecule has 2 aromatic carbocycles. The van der Waals surface area contributed by atoms with Crippen LogP contribution in [0.2, 0.25) is 0 Å². The molecule has 0 saturated heterocycles. The predicted molar refractivity (Wildman–Crippen MR) is 72.1 cm³/mol. The third kappa shape index (κ3) is 3.56. The fourth-order valence-corrected chi connectivity index (χ4v) is 2.03. The number of aryl methyl sites for hydroxylation is 1. The van der Waals surface area contributed by atoms with Crippen LogP contribution in [0.5, 0.6) is 11.5 Å². The number of carbonyl (C=O) groups is 1. The zero-order valence-electron chi connectivity index (χ0n) is 12.0. The number of hydrogen-bond acceptors (Lipinski definition) is 3. The van der Waals surface area contributed by atoms with Crippen molar-refractivity contribution in [3.63, 3.8) is 0 Å². The fraction of sp³-hybridized carbons (Fsp3) is 0.133. The molecule has 0 unspecified atom stereocenters. The van der Waals surface area contributed by atoms with Gasteiger partial charge in [-0.1, -0.05) is 24.6 Å². The molecule has 0 saturated carbocycles. The van der Waals surface area contributed by atoms with Crippen LogP contribution < -0.4 is 40.0 Å². The SMILES string of the molecule is COc1ccc(F)cc1-c1[c-]c(C)cc(O)c1C(N)=O.[Na+]. The molecule has 21 heavy (non-hydrogen) atoms. The standard InChI is InChI=1S/C15H13FNO3.Na/c1-8-5-11(14(15(17)19)12(18)6-8)10-7-9(16)3-4-13(10)20-2;/h3-4,6-7,18H,1-2H3,(H2,17,19);/q-1;+1. The molecule has 2 rings (SSSR count). The molecule has 0 spiro atoms. The summed E-state index contributed by atoms with van der Waals surface area (Å²) in [6.07, 6.45) is 0. The molecule has 0 radical (unpaired) electrons. The average molecular weight is 297 g/mol. The van der Waals surface area contributed by atoms with Crippen LogP contribution in [-0.4, -0.2) is 18.1 Å². The first-order chi connectivity index (χ1) is 9.43. The number of primary amides is 1. The van der Waals surface area contributed by atoms with Crippen molar-refractivity contribution in [2.45, 2.75) is 6.92 Å². The maximum atomic E-state index is 13.5. The van der Waals surface area contributed by atoms with Gasteiger partial charge in [-0.15, -0.1) is 17.2 Å². The van der Waals surface area contributed by atoms with E-state index in [1.54, 1.807) is 6.92 Å². The molecule has 0 aliphatic heterocycles. The minimum absolute atomic E-state index is 0. The number of amides is 1. The third-order valence-corrected chi connectivity index (χ3v) is 2.86. The van der Waals surface area contributed by atoms with Crippen molar-refractivity contribution in [1.82, 2.24) is 0 Å². The molecule has 0 aliphatic rings. The van der Waals surface area contributed by atoms with E-state index in [-0.39, 0.29) is 46.4 Å². The summed E-state index contributed by atoms with van der Waals surface area (Å²) in [6, 6.07) is 8.15. The molecule has 104 valence electrons. The second-order valence-electron chi connectivity index (χ2n) is 4.30. The number of rotatable bonds is 3. The number of hydrogen-bond donors (Lipinski definition) is 2. The number of nitrogens with two attached hydrogens (primary N) is 1. The number of halogens is 1. The van der Waals surface area contributed by atoms with Crippen molar-refractivity contribution in [3.05, 3.63) is 47.3 Å². The Morgan fingerprint density at radius 2 is 2.05 bits per heavy atom. The second-order valence-corrected chi connectivity index (χ2v) is 4.30. The van der Waals surface area contributed by atoms with Crippen molar-refractivity contribution < 1.29 is 48.6 Å². The van der Waals surface area contributed by atoms with Crippen LogP contribution in [0.3, 0.4) is 0 Å². The molecule has 0 fully saturated rings. The molecule has 1 amide bonds. The van der Waals surface area contributed by atoms with Gasteiger partial charge in [0.25, 0.3) is 0 Å². The van der Waals surface area contributed by atoms with Crippen molar-refractivity contribution in [3.8, 4) is 22.6 Å². The van der Waals surface area contributed by atoms with E-state index in [0.29, 0.717) is 16.9 Å². The van der Waals surface area contributed by atoms with Gasteiger partial charge in [-0.3, -0.25) is 4.79 Å². The van der Waals surface area contributed by atoms with Gasteiger partial charge < -0.3 is 15.6 Å². The Bertz CT molecular complexity index is 689. The van der Waals surface area contributed by atoms with Crippen molar-refractivity contribution in [2.24, 2.45) is 5.73 Å². The Morgan fingerprint density at radius 1 is 1.38 bits per heavy atom. The summed E-state index contributed by atoms with van der Waals surface area (Å²) in [7, 11) is 1.43. The number of benzene rings is 2. The number of aromatic hydroxyl groups is 1. The second kappa shape index (κ2) is 6.93. The van der Waals surface area contributed by atoms with E-state index < -0.39 is 11.7 Å². The van der Waals surface area contributed by atoms with Crippen molar-refractivity contribution >= 4 is 5.91 Å². The molecule has 2 aromatic rings. The Kier molecular flexibility index (Phi) is 5.78. The van der Waals surface area contributed by atoms with Crippen LogP contribution >= 0.6 is 0 Å². The van der Waals surface area contributed by atoms with Gasteiger partial charge in [0, 0.05) is 5.75 Å². The van der Waals surface area contributed by atoms with E-state index in [1.165, 1.54) is 31.4 Å². The van der Waals surface area contributed by atoms with Gasteiger partial charge >= 0.3 is 29.6 Å². The quantitative estimate of drug-likeness (QED) is 0.588. The first kappa shape index (κ1) is 17.5. The zero-order valence-corrected chi connectivity index (χ0v) is 14.0. The fourth-order valence-electron chi connectivity index (χ4n) is 2.03. The molecule has 4 nitrogen and oxygen atoms in total. The molecule has 0 aliphatic carbocycles. The Balaban J connectivity index is 0.00000220. The summed E-state index contributed by atoms with van der Waals surface area (Å²) in [6.45, 7) is 1.69. The van der Waals surface area contributed by atoms with Crippen LogP contribution in [-0.2, 0) is 0 Å². The van der Waals surface area contributed by atoms with E-state index >= 15 is 0 Å². The number of methoxy groups -OCH3 is 1. The minimum Gasteiger partial charge on any atom is -0.527 e. The first-order valence-corrected chi connectivity index (χ1v) is 5.83. The Hall–Kier alpha value is -1.56. The van der Waals surface area contributed by atoms with Gasteiger partial charge in [0.05, 0.1) is 12.9 Å². The maximum absolute atomic E-state index is 13.5. The molecule has 0 atom stereocenters. The molecular formula is C15H13FNNaO3. The molecule has 0 heterocycles.